The number of aromatic carboxylic acids is 1. The number of nitrogens with one attached hydrogen (secondary N) is 3. The van der Waals surface area contributed by atoms with Gasteiger partial charge in [-0.2, -0.15) is 16.8 Å². The quantitative estimate of drug-likeness (QED) is 0.0143. The fourth-order valence-electron chi connectivity index (χ4n) is 13.8. The molecule has 0 aromatic heterocycles. The third-order valence-electron chi connectivity index (χ3n) is 17.3. The van der Waals surface area contributed by atoms with E-state index < -0.39 is 75.9 Å². The van der Waals surface area contributed by atoms with E-state index in [9.17, 15) is 45.4 Å². The number of hydrogen-bond acceptors (Lipinski definition) is 13. The standard InChI is InChI=1S/C55H72N4O14S2/c1-31(2)8-6-9-32(3)40-16-17-41-35-13-12-33-30-34(20-22-54(33,4)42(35)21-23-55(40,41)5)72-53(63)59-25-27-71-29-28-70-26-24-58-51(60)39-11-7-10-36(46(39)52(61)62)45-37-14-18-43(56)49(74(64,65)66)47(37)73-48-38(45)15-19-44(57)50(48)75(67,68)69/h7,10-12,14-15,18-19,31-32,34-35,40-42,56H,6,8-9,13,16-17,20-30,57H2,1-5H3,(H,58,60)(H,59,63)(H,61,62)(H,64,65,66)(H,67,68,69)/t32-,34-,35+,40-,41+,42+,54+,55-/m1/s1. The first-order valence-corrected chi connectivity index (χ1v) is 29.1. The molecule has 8 rings (SSSR count). The molecule has 8 atom stereocenters. The first-order chi connectivity index (χ1) is 35.5. The van der Waals surface area contributed by atoms with Gasteiger partial charge < -0.3 is 40.1 Å². The average Bonchev–Trinajstić information content (AvgIpc) is 3.74. The molecule has 2 aromatic rings. The fourth-order valence-corrected chi connectivity index (χ4v) is 15.3. The molecule has 5 aliphatic carbocycles. The minimum Gasteiger partial charge on any atom is -0.478 e. The summed E-state index contributed by atoms with van der Waals surface area (Å²) >= 11 is 0. The number of carboxylic acid groups (broad SMARTS) is 1. The van der Waals surface area contributed by atoms with E-state index in [2.05, 4.69) is 51.3 Å². The summed E-state index contributed by atoms with van der Waals surface area (Å²) in [7, 11) is -10.4. The highest BCUT2D eigenvalue weighted by atomic mass is 32.2. The predicted molar refractivity (Wildman–Crippen MR) is 280 cm³/mol. The molecule has 0 spiro atoms. The maximum Gasteiger partial charge on any atom is 0.407 e. The van der Waals surface area contributed by atoms with E-state index >= 15 is 0 Å². The molecule has 408 valence electrons. The number of nitrogens with two attached hydrogens (primary N) is 1. The van der Waals surface area contributed by atoms with Gasteiger partial charge in [-0.1, -0.05) is 77.7 Å². The molecule has 1 heterocycles. The number of carbonyl (C=O) groups is 3. The Hall–Kier alpha value is -5.38. The van der Waals surface area contributed by atoms with Gasteiger partial charge in [-0.25, -0.2) is 9.59 Å². The Labute approximate surface area is 438 Å². The van der Waals surface area contributed by atoms with Crippen LogP contribution in [0.4, 0.5) is 10.5 Å². The van der Waals surface area contributed by atoms with Crippen molar-refractivity contribution in [3.63, 3.8) is 0 Å². The minimum atomic E-state index is -5.23. The molecule has 20 heteroatoms. The fraction of sp³-hybridized carbons (Fsp3) is 0.564. The van der Waals surface area contributed by atoms with E-state index in [1.54, 1.807) is 0 Å². The van der Waals surface area contributed by atoms with Gasteiger partial charge in [-0.3, -0.25) is 19.3 Å². The van der Waals surface area contributed by atoms with Gasteiger partial charge in [-0.05, 0) is 127 Å². The number of carboxylic acids is 1. The highest BCUT2D eigenvalue weighted by molar-refractivity contribution is 7.86. The van der Waals surface area contributed by atoms with Crippen LogP contribution in [0.15, 0.2) is 68.3 Å². The van der Waals surface area contributed by atoms with Crippen LogP contribution in [0.2, 0.25) is 0 Å². The smallest absolute Gasteiger partial charge is 0.407 e. The van der Waals surface area contributed by atoms with Gasteiger partial charge in [0, 0.05) is 36.0 Å². The molecule has 1 aliphatic heterocycles. The second-order valence-electron chi connectivity index (χ2n) is 22.1. The van der Waals surface area contributed by atoms with Crippen molar-refractivity contribution in [1.29, 1.82) is 5.41 Å². The number of ether oxygens (including phenoxy) is 3. The third-order valence-corrected chi connectivity index (χ3v) is 19.1. The van der Waals surface area contributed by atoms with Gasteiger partial charge in [-0.15, -0.1) is 0 Å². The SMILES string of the molecule is CC(C)CCC[C@@H](C)[C@H]1CC[C@H]2[C@@H]3CC=C4C[C@H](OC(=O)NCCOCCOCCNC(=O)c5cccc(-c6c7ccc(=N)c(S(=O)(=O)O)c-7oc7c(S(=O)(=O)O)c(N)ccc67)c5C(=O)O)CC[C@]4(C)[C@H]3CC[C@]12C. The van der Waals surface area contributed by atoms with Crippen LogP contribution in [0, 0.1) is 51.7 Å². The molecular weight excluding hydrogens is 1000 g/mol. The van der Waals surface area contributed by atoms with Crippen LogP contribution in [-0.4, -0.2) is 94.6 Å². The van der Waals surface area contributed by atoms with Crippen molar-refractivity contribution in [1.82, 2.24) is 10.6 Å². The lowest BCUT2D eigenvalue weighted by molar-refractivity contribution is -0.0581. The molecular formula is C55H72N4O14S2. The summed E-state index contributed by atoms with van der Waals surface area (Å²) in [6.45, 7) is 13.0. The zero-order valence-electron chi connectivity index (χ0n) is 43.4. The van der Waals surface area contributed by atoms with Gasteiger partial charge in [0.05, 0.1) is 48.6 Å². The van der Waals surface area contributed by atoms with Crippen LogP contribution >= 0.6 is 0 Å². The van der Waals surface area contributed by atoms with Gasteiger partial charge in [0.1, 0.15) is 6.10 Å². The molecule has 0 radical (unpaired) electrons. The van der Waals surface area contributed by atoms with E-state index in [1.807, 2.05) is 0 Å². The molecule has 2 amide bonds. The zero-order valence-corrected chi connectivity index (χ0v) is 45.0. The molecule has 0 bridgehead atoms. The van der Waals surface area contributed by atoms with E-state index in [1.165, 1.54) is 80.9 Å². The largest absolute Gasteiger partial charge is 0.478 e. The average molecular weight is 1080 g/mol. The van der Waals surface area contributed by atoms with E-state index in [-0.39, 0.29) is 78.7 Å². The van der Waals surface area contributed by atoms with Crippen LogP contribution in [0.1, 0.15) is 126 Å². The molecule has 0 saturated heterocycles. The highest BCUT2D eigenvalue weighted by Gasteiger charge is 2.59. The van der Waals surface area contributed by atoms with E-state index in [0.717, 1.165) is 67.4 Å². The first-order valence-electron chi connectivity index (χ1n) is 26.2. The molecule has 6 aliphatic rings. The Morgan fingerprint density at radius 1 is 0.840 bits per heavy atom. The number of rotatable bonds is 20. The lowest BCUT2D eigenvalue weighted by atomic mass is 9.47. The molecule has 3 saturated carbocycles. The Bertz CT molecular complexity index is 3120. The Kier molecular flexibility index (Phi) is 16.6. The summed E-state index contributed by atoms with van der Waals surface area (Å²) in [5, 5.41) is 23.2. The monoisotopic (exact) mass is 1080 g/mol. The number of benzene rings is 3. The van der Waals surface area contributed by atoms with Crippen molar-refractivity contribution in [2.75, 3.05) is 45.3 Å². The molecule has 3 fully saturated rings. The van der Waals surface area contributed by atoms with Gasteiger partial charge >= 0.3 is 12.1 Å². The van der Waals surface area contributed by atoms with Crippen LogP contribution in [0.3, 0.4) is 0 Å². The summed E-state index contributed by atoms with van der Waals surface area (Å²) in [6.07, 6.45) is 15.0. The summed E-state index contributed by atoms with van der Waals surface area (Å²) in [5.41, 5.74) is 5.28. The molecule has 18 nitrogen and oxygen atoms in total. The van der Waals surface area contributed by atoms with Crippen molar-refractivity contribution in [3.8, 4) is 22.5 Å². The van der Waals surface area contributed by atoms with Gasteiger partial charge in [0.25, 0.3) is 26.1 Å². The van der Waals surface area contributed by atoms with Crippen molar-refractivity contribution in [2.24, 2.45) is 46.3 Å². The number of fused-ring (bicyclic) bond motifs is 7. The second-order valence-corrected chi connectivity index (χ2v) is 24.8. The highest BCUT2D eigenvalue weighted by Crippen LogP contribution is 2.67. The van der Waals surface area contributed by atoms with E-state index in [4.69, 9.17) is 29.8 Å². The van der Waals surface area contributed by atoms with Crippen LogP contribution < -0.4 is 21.7 Å². The zero-order chi connectivity index (χ0) is 54.2. The molecule has 75 heavy (non-hydrogen) atoms. The summed E-state index contributed by atoms with van der Waals surface area (Å²) < 4.78 is 93.4. The molecule has 8 N–H and O–H groups in total. The van der Waals surface area contributed by atoms with Crippen LogP contribution in [-0.2, 0) is 34.4 Å². The number of alkyl carbamates (subject to hydrolysis) is 1. The summed E-state index contributed by atoms with van der Waals surface area (Å²) in [5.74, 6) is 1.44. The van der Waals surface area contributed by atoms with E-state index in [0.29, 0.717) is 11.3 Å². The lowest BCUT2D eigenvalue weighted by Gasteiger charge is -2.58. The van der Waals surface area contributed by atoms with Crippen LogP contribution in [0.5, 0.6) is 0 Å². The number of carbonyl (C=O) groups excluding carboxylic acids is 2. The van der Waals surface area contributed by atoms with Crippen molar-refractivity contribution < 1.29 is 64.1 Å². The topological polar surface area (TPSA) is 295 Å². The lowest BCUT2D eigenvalue weighted by Crippen LogP contribution is -2.51. The van der Waals surface area contributed by atoms with Crippen molar-refractivity contribution >= 4 is 54.9 Å². The molecule has 0 unspecified atom stereocenters. The van der Waals surface area contributed by atoms with Gasteiger partial charge in [0.2, 0.25) is 0 Å². The summed E-state index contributed by atoms with van der Waals surface area (Å²) in [4.78, 5) is 37.4. The number of hydrogen-bond donors (Lipinski definition) is 7. The maximum atomic E-state index is 13.6. The summed E-state index contributed by atoms with van der Waals surface area (Å²) in [6, 6.07) is 8.43. The van der Waals surface area contributed by atoms with Crippen LogP contribution in [0.25, 0.3) is 33.4 Å². The Balaban J connectivity index is 0.799. The Morgan fingerprint density at radius 2 is 1.55 bits per heavy atom. The number of allylic oxidation sites excluding steroid dienone is 1. The number of amides is 2. The normalized spacial score (nSPS) is 25.0. The third kappa shape index (κ3) is 11.4. The molecule has 2 aromatic carbocycles. The number of nitrogen functional groups attached to an aromatic ring is 1. The van der Waals surface area contributed by atoms with Gasteiger partial charge in [0.15, 0.2) is 21.1 Å². The number of anilines is 1. The predicted octanol–water partition coefficient (Wildman–Crippen LogP) is 9.36. The second kappa shape index (κ2) is 22.3. The Morgan fingerprint density at radius 3 is 2.23 bits per heavy atom. The first kappa shape index (κ1) is 55.8. The van der Waals surface area contributed by atoms with Crippen molar-refractivity contribution in [2.45, 2.75) is 121 Å². The minimum absolute atomic E-state index is 0.0155. The maximum absolute atomic E-state index is 13.6. The van der Waals surface area contributed by atoms with Crippen molar-refractivity contribution in [3.05, 3.63) is 70.6 Å².